The number of esters is 1. The van der Waals surface area contributed by atoms with Crippen molar-refractivity contribution in [3.05, 3.63) is 34.4 Å². The van der Waals surface area contributed by atoms with Gasteiger partial charge in [0.05, 0.1) is 6.61 Å². The average molecular weight is 324 g/mol. The highest BCUT2D eigenvalue weighted by Gasteiger charge is 2.24. The predicted octanol–water partition coefficient (Wildman–Crippen LogP) is 3.64. The Balaban J connectivity index is 1.86. The second-order valence-electron chi connectivity index (χ2n) is 6.54. The Morgan fingerprint density at radius 1 is 1.29 bits per heavy atom. The van der Waals surface area contributed by atoms with E-state index < -0.39 is 5.97 Å². The van der Waals surface area contributed by atoms with Crippen LogP contribution in [0.15, 0.2) is 17.7 Å². The van der Waals surface area contributed by atoms with Crippen LogP contribution in [-0.2, 0) is 22.4 Å². The molecular formula is C20H24N2O2. The lowest BCUT2D eigenvalue weighted by Gasteiger charge is -2.37. The van der Waals surface area contributed by atoms with Gasteiger partial charge in [-0.25, -0.2) is 4.79 Å². The molecule has 3 rings (SSSR count). The van der Waals surface area contributed by atoms with Crippen molar-refractivity contribution in [2.75, 3.05) is 24.6 Å². The molecule has 0 aliphatic carbocycles. The quantitative estimate of drug-likeness (QED) is 0.359. The summed E-state index contributed by atoms with van der Waals surface area (Å²) in [5, 5.41) is 9.31. The van der Waals surface area contributed by atoms with Crippen molar-refractivity contribution in [2.45, 2.75) is 45.4 Å². The molecule has 0 unspecified atom stereocenters. The lowest BCUT2D eigenvalue weighted by atomic mass is 9.90. The Kier molecular flexibility index (Phi) is 5.20. The van der Waals surface area contributed by atoms with Gasteiger partial charge < -0.3 is 9.64 Å². The topological polar surface area (TPSA) is 53.3 Å². The number of hydrogen-bond acceptors (Lipinski definition) is 4. The molecule has 0 fully saturated rings. The number of hydrogen-bond donors (Lipinski definition) is 0. The molecule has 0 aromatic heterocycles. The van der Waals surface area contributed by atoms with Crippen LogP contribution in [0.1, 0.15) is 49.3 Å². The molecule has 0 bridgehead atoms. The third kappa shape index (κ3) is 3.46. The molecule has 1 aromatic rings. The smallest absolute Gasteiger partial charge is 0.348 e. The van der Waals surface area contributed by atoms with E-state index in [1.54, 1.807) is 6.08 Å². The second-order valence-corrected chi connectivity index (χ2v) is 6.54. The molecule has 1 aromatic carbocycles. The maximum atomic E-state index is 12.0. The van der Waals surface area contributed by atoms with Gasteiger partial charge in [-0.2, -0.15) is 5.26 Å². The van der Waals surface area contributed by atoms with E-state index in [9.17, 15) is 10.1 Å². The molecule has 0 saturated carbocycles. The molecule has 2 heterocycles. The van der Waals surface area contributed by atoms with E-state index in [0.29, 0.717) is 6.61 Å². The van der Waals surface area contributed by atoms with Gasteiger partial charge in [0.2, 0.25) is 0 Å². The van der Waals surface area contributed by atoms with Gasteiger partial charge >= 0.3 is 5.97 Å². The summed E-state index contributed by atoms with van der Waals surface area (Å²) in [5.74, 6) is -0.515. The minimum atomic E-state index is -0.515. The van der Waals surface area contributed by atoms with E-state index in [1.807, 2.05) is 13.0 Å². The predicted molar refractivity (Wildman–Crippen MR) is 94.8 cm³/mol. The van der Waals surface area contributed by atoms with Crippen LogP contribution >= 0.6 is 0 Å². The average Bonchev–Trinajstić information content (AvgIpc) is 2.60. The van der Waals surface area contributed by atoms with Crippen LogP contribution in [0.2, 0.25) is 0 Å². The number of benzene rings is 1. The molecule has 0 atom stereocenters. The second kappa shape index (κ2) is 7.53. The number of rotatable bonds is 5. The van der Waals surface area contributed by atoms with Crippen LogP contribution < -0.4 is 4.90 Å². The molecular weight excluding hydrogens is 300 g/mol. The van der Waals surface area contributed by atoms with Crippen molar-refractivity contribution in [3.8, 4) is 6.07 Å². The Hall–Kier alpha value is -2.28. The molecule has 0 amide bonds. The first-order valence-corrected chi connectivity index (χ1v) is 8.92. The van der Waals surface area contributed by atoms with Gasteiger partial charge in [0.1, 0.15) is 11.6 Å². The summed E-state index contributed by atoms with van der Waals surface area (Å²) in [5.41, 5.74) is 5.12. The van der Waals surface area contributed by atoms with Gasteiger partial charge in [-0.05, 0) is 67.0 Å². The number of nitriles is 1. The number of nitrogens with zero attached hydrogens (tertiary/aromatic N) is 2. The molecule has 0 radical (unpaired) electrons. The summed E-state index contributed by atoms with van der Waals surface area (Å²) in [4.78, 5) is 14.5. The molecule has 0 spiro atoms. The Morgan fingerprint density at radius 2 is 1.96 bits per heavy atom. The van der Waals surface area contributed by atoms with Crippen LogP contribution in [0.3, 0.4) is 0 Å². The van der Waals surface area contributed by atoms with Gasteiger partial charge in [0, 0.05) is 18.8 Å². The highest BCUT2D eigenvalue weighted by atomic mass is 16.5. The number of aryl methyl sites for hydroxylation is 2. The van der Waals surface area contributed by atoms with E-state index in [2.05, 4.69) is 17.0 Å². The van der Waals surface area contributed by atoms with Crippen LogP contribution in [0.4, 0.5) is 5.69 Å². The van der Waals surface area contributed by atoms with E-state index in [-0.39, 0.29) is 5.57 Å². The number of ether oxygens (including phenoxy) is 1. The molecule has 4 nitrogen and oxygen atoms in total. The summed E-state index contributed by atoms with van der Waals surface area (Å²) in [7, 11) is 0. The van der Waals surface area contributed by atoms with Crippen molar-refractivity contribution >= 4 is 17.7 Å². The first-order chi connectivity index (χ1) is 11.7. The molecule has 0 N–H and O–H groups in total. The standard InChI is InChI=1S/C20H24N2O2/c1-2-3-10-24-20(23)18(14-21)13-15-11-16-6-4-8-22-9-5-7-17(12-15)19(16)22/h11-13H,2-10H2,1H3/b18-13+. The van der Waals surface area contributed by atoms with Gasteiger partial charge in [-0.1, -0.05) is 13.3 Å². The summed E-state index contributed by atoms with van der Waals surface area (Å²) in [6, 6.07) is 6.26. The Morgan fingerprint density at radius 3 is 2.54 bits per heavy atom. The Labute approximate surface area is 143 Å². The number of carbonyl (C=O) groups excluding carboxylic acids is 1. The molecule has 4 heteroatoms. The zero-order valence-corrected chi connectivity index (χ0v) is 14.3. The van der Waals surface area contributed by atoms with E-state index >= 15 is 0 Å². The normalized spacial score (nSPS) is 16.3. The van der Waals surface area contributed by atoms with Gasteiger partial charge in [0.15, 0.2) is 0 Å². The summed E-state index contributed by atoms with van der Waals surface area (Å²) in [6.45, 7) is 4.69. The fourth-order valence-corrected chi connectivity index (χ4v) is 3.60. The summed E-state index contributed by atoms with van der Waals surface area (Å²) < 4.78 is 5.17. The van der Waals surface area contributed by atoms with Crippen molar-refractivity contribution in [1.29, 1.82) is 5.26 Å². The number of carbonyl (C=O) groups is 1. The van der Waals surface area contributed by atoms with Crippen LogP contribution in [0.5, 0.6) is 0 Å². The van der Waals surface area contributed by atoms with Gasteiger partial charge in [-0.15, -0.1) is 0 Å². The maximum absolute atomic E-state index is 12.0. The van der Waals surface area contributed by atoms with Crippen LogP contribution in [-0.4, -0.2) is 25.7 Å². The fraction of sp³-hybridized carbons (Fsp3) is 0.500. The minimum Gasteiger partial charge on any atom is -0.462 e. The highest BCUT2D eigenvalue weighted by molar-refractivity contribution is 5.98. The lowest BCUT2D eigenvalue weighted by Crippen LogP contribution is -2.34. The van der Waals surface area contributed by atoms with Crippen molar-refractivity contribution in [3.63, 3.8) is 0 Å². The van der Waals surface area contributed by atoms with E-state index in [0.717, 1.165) is 44.3 Å². The molecule has 126 valence electrons. The first-order valence-electron chi connectivity index (χ1n) is 8.92. The van der Waals surface area contributed by atoms with E-state index in [1.165, 1.54) is 29.7 Å². The minimum absolute atomic E-state index is 0.0849. The third-order valence-electron chi connectivity index (χ3n) is 4.74. The SMILES string of the molecule is CCCCOC(=O)/C(C#N)=C/c1cc2c3c(c1)CCCN3CCC2. The van der Waals surface area contributed by atoms with Gasteiger partial charge in [0.25, 0.3) is 0 Å². The van der Waals surface area contributed by atoms with Crippen molar-refractivity contribution < 1.29 is 9.53 Å². The molecule has 0 saturated heterocycles. The Bertz CT molecular complexity index is 669. The number of unbranched alkanes of at least 4 members (excludes halogenated alkanes) is 1. The third-order valence-corrected chi connectivity index (χ3v) is 4.74. The van der Waals surface area contributed by atoms with Gasteiger partial charge in [-0.3, -0.25) is 0 Å². The largest absolute Gasteiger partial charge is 0.462 e. The summed E-state index contributed by atoms with van der Waals surface area (Å²) >= 11 is 0. The lowest BCUT2D eigenvalue weighted by molar-refractivity contribution is -0.138. The van der Waals surface area contributed by atoms with Crippen molar-refractivity contribution in [1.82, 2.24) is 0 Å². The molecule has 24 heavy (non-hydrogen) atoms. The zero-order valence-electron chi connectivity index (χ0n) is 14.3. The molecule has 2 aliphatic heterocycles. The maximum Gasteiger partial charge on any atom is 0.348 e. The number of anilines is 1. The fourth-order valence-electron chi connectivity index (χ4n) is 3.60. The highest BCUT2D eigenvalue weighted by Crippen LogP contribution is 2.36. The van der Waals surface area contributed by atoms with Crippen LogP contribution in [0.25, 0.3) is 6.08 Å². The summed E-state index contributed by atoms with van der Waals surface area (Å²) in [6.07, 6.45) is 7.95. The first kappa shape index (κ1) is 16.6. The monoisotopic (exact) mass is 324 g/mol. The van der Waals surface area contributed by atoms with E-state index in [4.69, 9.17) is 4.74 Å². The van der Waals surface area contributed by atoms with Crippen LogP contribution in [0, 0.1) is 11.3 Å². The van der Waals surface area contributed by atoms with Crippen molar-refractivity contribution in [2.24, 2.45) is 0 Å². The molecule has 2 aliphatic rings. The zero-order chi connectivity index (χ0) is 16.9.